The van der Waals surface area contributed by atoms with Crippen LogP contribution in [0.25, 0.3) is 132 Å². The first-order valence-corrected chi connectivity index (χ1v) is 21.2. The summed E-state index contributed by atoms with van der Waals surface area (Å²) in [5.74, 6) is 0.658. The molecule has 10 aromatic carbocycles. The highest BCUT2D eigenvalue weighted by Crippen LogP contribution is 2.51. The minimum atomic E-state index is 0.658. The van der Waals surface area contributed by atoms with E-state index in [1.165, 1.54) is 71.2 Å². The van der Waals surface area contributed by atoms with Crippen LogP contribution in [0.5, 0.6) is 0 Å². The molecule has 4 nitrogen and oxygen atoms in total. The number of nitrogens with zero attached hydrogens (tertiary/aromatic N) is 4. The maximum absolute atomic E-state index is 5.44. The van der Waals surface area contributed by atoms with Crippen LogP contribution in [0.1, 0.15) is 0 Å². The predicted octanol–water partition coefficient (Wildman–Crippen LogP) is 15.1. The van der Waals surface area contributed by atoms with Crippen molar-refractivity contribution in [2.75, 3.05) is 0 Å². The van der Waals surface area contributed by atoms with Crippen LogP contribution in [0, 0.1) is 0 Å². The largest absolute Gasteiger partial charge is 0.309 e. The minimum absolute atomic E-state index is 0.658. The van der Waals surface area contributed by atoms with Gasteiger partial charge in [0, 0.05) is 38.2 Å². The molecule has 0 bridgehead atoms. The smallest absolute Gasteiger partial charge is 0.235 e. The Balaban J connectivity index is 1.00. The Bertz CT molecular complexity index is 4030. The Kier molecular flexibility index (Phi) is 6.80. The van der Waals surface area contributed by atoms with Crippen LogP contribution in [-0.2, 0) is 0 Å². The molecule has 0 saturated heterocycles. The van der Waals surface area contributed by atoms with Crippen molar-refractivity contribution >= 4 is 76.1 Å². The van der Waals surface area contributed by atoms with E-state index >= 15 is 0 Å². The lowest BCUT2D eigenvalue weighted by Gasteiger charge is -2.13. The van der Waals surface area contributed by atoms with Crippen molar-refractivity contribution < 1.29 is 0 Å². The quantitative estimate of drug-likeness (QED) is 0.167. The highest BCUT2D eigenvalue weighted by Gasteiger charge is 2.26. The number of fused-ring (bicyclic) bond motifs is 13. The average molecular weight is 787 g/mol. The Morgan fingerprint density at radius 3 is 1.76 bits per heavy atom. The zero-order valence-corrected chi connectivity index (χ0v) is 33.4. The zero-order valence-electron chi connectivity index (χ0n) is 33.4. The molecule has 3 heterocycles. The van der Waals surface area contributed by atoms with E-state index in [1.807, 2.05) is 0 Å². The lowest BCUT2D eigenvalue weighted by atomic mass is 9.96. The van der Waals surface area contributed by atoms with Crippen molar-refractivity contribution in [2.24, 2.45) is 0 Å². The second-order valence-corrected chi connectivity index (χ2v) is 16.5. The third-order valence-electron chi connectivity index (χ3n) is 13.2. The lowest BCUT2D eigenvalue weighted by molar-refractivity contribution is 1.01. The Morgan fingerprint density at radius 1 is 0.306 bits per heavy atom. The van der Waals surface area contributed by atoms with Gasteiger partial charge in [-0.25, -0.2) is 9.97 Å². The standard InChI is InChI=1S/C58H34N4/c1-3-15-36(16-4-1)57-56-40-19-8-7-14-35(40)26-29-49(56)59-58(60-57)62-50-25-12-11-22-43(50)46-32-37(27-30-51(46)62)38-28-31-52-48(33-38)55-45-24-13-23-44-41-20-9-10-21-42(41)47(54(44)45)34-53(55)61(52)39-17-5-2-6-18-39/h1-34H. The monoisotopic (exact) mass is 786 g/mol. The Hall–Kier alpha value is -8.34. The van der Waals surface area contributed by atoms with Crippen LogP contribution >= 0.6 is 0 Å². The summed E-state index contributed by atoms with van der Waals surface area (Å²) >= 11 is 0. The van der Waals surface area contributed by atoms with E-state index in [0.29, 0.717) is 5.95 Å². The lowest BCUT2D eigenvalue weighted by Crippen LogP contribution is -2.03. The van der Waals surface area contributed by atoms with E-state index in [9.17, 15) is 0 Å². The summed E-state index contributed by atoms with van der Waals surface area (Å²) in [6, 6.07) is 74.8. The molecular weight excluding hydrogens is 753 g/mol. The molecule has 3 aromatic heterocycles. The summed E-state index contributed by atoms with van der Waals surface area (Å²) in [6.07, 6.45) is 0. The van der Waals surface area contributed by atoms with Crippen LogP contribution in [0.3, 0.4) is 0 Å². The molecule has 0 saturated carbocycles. The maximum atomic E-state index is 5.44. The van der Waals surface area contributed by atoms with Crippen molar-refractivity contribution in [2.45, 2.75) is 0 Å². The van der Waals surface area contributed by atoms with E-state index in [-0.39, 0.29) is 0 Å². The van der Waals surface area contributed by atoms with Gasteiger partial charge >= 0.3 is 0 Å². The number of rotatable bonds is 4. The highest BCUT2D eigenvalue weighted by molar-refractivity contribution is 6.29. The van der Waals surface area contributed by atoms with Gasteiger partial charge in [0.2, 0.25) is 5.95 Å². The molecular formula is C58H34N4. The van der Waals surface area contributed by atoms with E-state index in [2.05, 4.69) is 215 Å². The Labute approximate surface area is 356 Å². The fraction of sp³-hybridized carbons (Fsp3) is 0. The van der Waals surface area contributed by atoms with E-state index < -0.39 is 0 Å². The average Bonchev–Trinajstić information content (AvgIpc) is 3.97. The molecule has 0 spiro atoms. The number of para-hydroxylation sites is 2. The second kappa shape index (κ2) is 12.6. The van der Waals surface area contributed by atoms with Gasteiger partial charge in [0.05, 0.1) is 33.3 Å². The molecule has 1 aliphatic carbocycles. The van der Waals surface area contributed by atoms with Crippen molar-refractivity contribution in [3.63, 3.8) is 0 Å². The molecule has 14 rings (SSSR count). The first kappa shape index (κ1) is 33.5. The molecule has 4 heteroatoms. The summed E-state index contributed by atoms with van der Waals surface area (Å²) < 4.78 is 4.69. The molecule has 62 heavy (non-hydrogen) atoms. The molecule has 0 unspecified atom stereocenters. The SMILES string of the molecule is c1ccc(-c2nc(-n3c4ccccc4c4cc(-c5ccc6c(c5)c5c7cccc8c7c(cc5n6-c5ccccc5)-c5ccccc5-8)ccc43)nc3ccc4ccccc4c23)cc1. The molecule has 0 fully saturated rings. The summed E-state index contributed by atoms with van der Waals surface area (Å²) in [5.41, 5.74) is 16.2. The number of benzene rings is 10. The van der Waals surface area contributed by atoms with Crippen LogP contribution in [0.4, 0.5) is 0 Å². The predicted molar refractivity (Wildman–Crippen MR) is 259 cm³/mol. The van der Waals surface area contributed by atoms with Gasteiger partial charge in [-0.05, 0) is 110 Å². The fourth-order valence-corrected chi connectivity index (χ4v) is 10.6. The third kappa shape index (κ3) is 4.61. The Morgan fingerprint density at radius 2 is 0.935 bits per heavy atom. The first-order valence-electron chi connectivity index (χ1n) is 21.2. The van der Waals surface area contributed by atoms with Crippen LogP contribution in [0.15, 0.2) is 206 Å². The fourth-order valence-electron chi connectivity index (χ4n) is 10.6. The summed E-state index contributed by atoms with van der Waals surface area (Å²) in [6.45, 7) is 0. The van der Waals surface area contributed by atoms with Gasteiger partial charge in [0.15, 0.2) is 0 Å². The molecule has 0 aliphatic heterocycles. The summed E-state index contributed by atoms with van der Waals surface area (Å²) in [4.78, 5) is 10.8. The normalized spacial score (nSPS) is 12.2. The van der Waals surface area contributed by atoms with Gasteiger partial charge in [-0.3, -0.25) is 4.57 Å². The van der Waals surface area contributed by atoms with Crippen molar-refractivity contribution in [1.82, 2.24) is 19.1 Å². The van der Waals surface area contributed by atoms with Gasteiger partial charge in [0.1, 0.15) is 0 Å². The maximum Gasteiger partial charge on any atom is 0.235 e. The number of aromatic nitrogens is 4. The summed E-state index contributed by atoms with van der Waals surface area (Å²) in [5, 5.41) is 10.9. The van der Waals surface area contributed by atoms with Crippen LogP contribution < -0.4 is 0 Å². The van der Waals surface area contributed by atoms with Crippen LogP contribution in [0.2, 0.25) is 0 Å². The van der Waals surface area contributed by atoms with E-state index in [1.54, 1.807) is 0 Å². The molecule has 286 valence electrons. The van der Waals surface area contributed by atoms with Gasteiger partial charge in [0.25, 0.3) is 0 Å². The molecule has 13 aromatic rings. The van der Waals surface area contributed by atoms with E-state index in [0.717, 1.165) is 55.2 Å². The van der Waals surface area contributed by atoms with Gasteiger partial charge in [-0.15, -0.1) is 0 Å². The molecule has 1 aliphatic rings. The second-order valence-electron chi connectivity index (χ2n) is 16.5. The molecule has 0 amide bonds. The zero-order chi connectivity index (χ0) is 40.5. The highest BCUT2D eigenvalue weighted by atomic mass is 15.2. The van der Waals surface area contributed by atoms with Crippen molar-refractivity contribution in [1.29, 1.82) is 0 Å². The van der Waals surface area contributed by atoms with Crippen molar-refractivity contribution in [3.05, 3.63) is 206 Å². The molecule has 0 atom stereocenters. The van der Waals surface area contributed by atoms with Gasteiger partial charge in [-0.1, -0.05) is 152 Å². The number of hydrogen-bond acceptors (Lipinski definition) is 2. The first-order chi connectivity index (χ1) is 30.8. The molecule has 0 radical (unpaired) electrons. The van der Waals surface area contributed by atoms with Gasteiger partial charge in [-0.2, -0.15) is 0 Å². The summed E-state index contributed by atoms with van der Waals surface area (Å²) in [7, 11) is 0. The third-order valence-corrected chi connectivity index (χ3v) is 13.2. The van der Waals surface area contributed by atoms with Gasteiger partial charge < -0.3 is 4.57 Å². The van der Waals surface area contributed by atoms with Crippen LogP contribution in [-0.4, -0.2) is 19.1 Å². The molecule has 0 N–H and O–H groups in total. The minimum Gasteiger partial charge on any atom is -0.309 e. The van der Waals surface area contributed by atoms with E-state index in [4.69, 9.17) is 9.97 Å². The topological polar surface area (TPSA) is 35.6 Å². The van der Waals surface area contributed by atoms with Crippen molar-refractivity contribution in [3.8, 4) is 56.3 Å². The number of hydrogen-bond donors (Lipinski definition) is 0.